The maximum Gasteiger partial charge on any atom is 0.127 e. The molecule has 0 aromatic heterocycles. The Hall–Kier alpha value is -2.16. The molecule has 3 heteroatoms. The molecule has 17 heavy (non-hydrogen) atoms. The molecule has 2 aromatic carbocycles. The van der Waals surface area contributed by atoms with Crippen LogP contribution in [0.2, 0.25) is 0 Å². The molecule has 3 nitrogen and oxygen atoms in total. The molecular weight excluding hydrogens is 216 g/mol. The van der Waals surface area contributed by atoms with Gasteiger partial charge in [0.05, 0.1) is 0 Å². The quantitative estimate of drug-likeness (QED) is 0.743. The smallest absolute Gasteiger partial charge is 0.127 e. The standard InChI is InChI=1S/C14H14O3/c1-2-9-7-12(16)8-13(17)14(9)10-3-5-11(15)6-4-10/h3-8,15-17H,2H2,1H3. The van der Waals surface area contributed by atoms with E-state index in [0.717, 1.165) is 11.1 Å². The van der Waals surface area contributed by atoms with E-state index in [9.17, 15) is 15.3 Å². The first-order chi connectivity index (χ1) is 8.11. The zero-order chi connectivity index (χ0) is 12.4. The van der Waals surface area contributed by atoms with Crippen LogP contribution in [-0.2, 0) is 6.42 Å². The summed E-state index contributed by atoms with van der Waals surface area (Å²) in [7, 11) is 0. The maximum absolute atomic E-state index is 9.90. The van der Waals surface area contributed by atoms with Crippen LogP contribution >= 0.6 is 0 Å². The van der Waals surface area contributed by atoms with Crippen molar-refractivity contribution in [2.75, 3.05) is 0 Å². The van der Waals surface area contributed by atoms with Crippen LogP contribution in [-0.4, -0.2) is 15.3 Å². The van der Waals surface area contributed by atoms with E-state index < -0.39 is 0 Å². The third-order valence-electron chi connectivity index (χ3n) is 2.72. The highest BCUT2D eigenvalue weighted by Gasteiger charge is 2.11. The van der Waals surface area contributed by atoms with E-state index in [1.807, 2.05) is 6.92 Å². The van der Waals surface area contributed by atoms with Crippen LogP contribution in [0, 0.1) is 0 Å². The van der Waals surface area contributed by atoms with E-state index in [-0.39, 0.29) is 17.2 Å². The Morgan fingerprint density at radius 2 is 1.53 bits per heavy atom. The number of phenols is 3. The van der Waals surface area contributed by atoms with Crippen LogP contribution in [0.3, 0.4) is 0 Å². The zero-order valence-corrected chi connectivity index (χ0v) is 9.51. The van der Waals surface area contributed by atoms with Crippen LogP contribution in [0.25, 0.3) is 11.1 Å². The van der Waals surface area contributed by atoms with Gasteiger partial charge in [-0.25, -0.2) is 0 Å². The van der Waals surface area contributed by atoms with Crippen LogP contribution < -0.4 is 0 Å². The monoisotopic (exact) mass is 230 g/mol. The van der Waals surface area contributed by atoms with Crippen molar-refractivity contribution in [3.8, 4) is 28.4 Å². The van der Waals surface area contributed by atoms with Gasteiger partial charge in [-0.1, -0.05) is 19.1 Å². The van der Waals surface area contributed by atoms with Crippen molar-refractivity contribution < 1.29 is 15.3 Å². The summed E-state index contributed by atoms with van der Waals surface area (Å²) in [6.45, 7) is 1.96. The van der Waals surface area contributed by atoms with Crippen LogP contribution in [0.1, 0.15) is 12.5 Å². The van der Waals surface area contributed by atoms with Crippen LogP contribution in [0.15, 0.2) is 36.4 Å². The molecule has 0 saturated carbocycles. The van der Waals surface area contributed by atoms with E-state index in [1.165, 1.54) is 6.07 Å². The molecule has 88 valence electrons. The molecule has 0 saturated heterocycles. The third kappa shape index (κ3) is 2.18. The average Bonchev–Trinajstić information content (AvgIpc) is 2.30. The second-order valence-electron chi connectivity index (χ2n) is 3.90. The molecule has 0 spiro atoms. The summed E-state index contributed by atoms with van der Waals surface area (Å²) in [6, 6.07) is 9.58. The lowest BCUT2D eigenvalue weighted by Crippen LogP contribution is -1.88. The van der Waals surface area contributed by atoms with E-state index >= 15 is 0 Å². The molecule has 0 aliphatic heterocycles. The summed E-state index contributed by atoms with van der Waals surface area (Å²) < 4.78 is 0. The SMILES string of the molecule is CCc1cc(O)cc(O)c1-c1ccc(O)cc1. The molecule has 0 heterocycles. The first-order valence-electron chi connectivity index (χ1n) is 5.46. The van der Waals surface area contributed by atoms with Gasteiger partial charge in [0.25, 0.3) is 0 Å². The van der Waals surface area contributed by atoms with E-state index in [1.54, 1.807) is 30.3 Å². The van der Waals surface area contributed by atoms with Crippen molar-refractivity contribution in [2.45, 2.75) is 13.3 Å². The van der Waals surface area contributed by atoms with E-state index in [4.69, 9.17) is 0 Å². The Kier molecular flexibility index (Phi) is 2.91. The lowest BCUT2D eigenvalue weighted by molar-refractivity contribution is 0.450. The Morgan fingerprint density at radius 3 is 2.12 bits per heavy atom. The molecule has 0 bridgehead atoms. The molecule has 2 aromatic rings. The predicted molar refractivity (Wildman–Crippen MR) is 66.3 cm³/mol. The zero-order valence-electron chi connectivity index (χ0n) is 9.51. The van der Waals surface area contributed by atoms with E-state index in [2.05, 4.69) is 0 Å². The highest BCUT2D eigenvalue weighted by molar-refractivity contribution is 5.75. The van der Waals surface area contributed by atoms with Gasteiger partial charge in [0.1, 0.15) is 17.2 Å². The minimum Gasteiger partial charge on any atom is -0.508 e. The summed E-state index contributed by atoms with van der Waals surface area (Å²) in [5.74, 6) is 0.291. The summed E-state index contributed by atoms with van der Waals surface area (Å²) in [4.78, 5) is 0. The molecule has 0 aliphatic rings. The number of rotatable bonds is 2. The maximum atomic E-state index is 9.90. The summed E-state index contributed by atoms with van der Waals surface area (Å²) in [6.07, 6.45) is 0.707. The van der Waals surface area contributed by atoms with Gasteiger partial charge in [0.15, 0.2) is 0 Å². The van der Waals surface area contributed by atoms with Crippen molar-refractivity contribution >= 4 is 0 Å². The molecular formula is C14H14O3. The van der Waals surface area contributed by atoms with Gasteiger partial charge in [0.2, 0.25) is 0 Å². The average molecular weight is 230 g/mol. The van der Waals surface area contributed by atoms with Crippen molar-refractivity contribution in [1.82, 2.24) is 0 Å². The normalized spacial score (nSPS) is 10.4. The Bertz CT molecular complexity index is 530. The largest absolute Gasteiger partial charge is 0.508 e. The van der Waals surface area contributed by atoms with Gasteiger partial charge in [-0.2, -0.15) is 0 Å². The highest BCUT2D eigenvalue weighted by Crippen LogP contribution is 2.36. The minimum absolute atomic E-state index is 0.0486. The fourth-order valence-corrected chi connectivity index (χ4v) is 1.91. The number of hydrogen-bond acceptors (Lipinski definition) is 3. The minimum atomic E-state index is 0.0486. The molecule has 2 rings (SSSR count). The third-order valence-corrected chi connectivity index (χ3v) is 2.72. The first kappa shape index (κ1) is 11.3. The Labute approximate surface area is 99.6 Å². The van der Waals surface area contributed by atoms with Gasteiger partial charge in [-0.05, 0) is 35.7 Å². The number of hydrogen-bond donors (Lipinski definition) is 3. The van der Waals surface area contributed by atoms with Crippen LogP contribution in [0.5, 0.6) is 17.2 Å². The fourth-order valence-electron chi connectivity index (χ4n) is 1.91. The Balaban J connectivity index is 2.61. The lowest BCUT2D eigenvalue weighted by Gasteiger charge is -2.11. The molecule has 3 N–H and O–H groups in total. The summed E-state index contributed by atoms with van der Waals surface area (Å²) in [5, 5.41) is 28.6. The van der Waals surface area contributed by atoms with Crippen molar-refractivity contribution in [1.29, 1.82) is 0 Å². The summed E-state index contributed by atoms with van der Waals surface area (Å²) >= 11 is 0. The van der Waals surface area contributed by atoms with Gasteiger partial charge >= 0.3 is 0 Å². The topological polar surface area (TPSA) is 60.7 Å². The highest BCUT2D eigenvalue weighted by atomic mass is 16.3. The molecule has 0 unspecified atom stereocenters. The number of benzene rings is 2. The lowest BCUT2D eigenvalue weighted by atomic mass is 9.96. The second-order valence-corrected chi connectivity index (χ2v) is 3.90. The van der Waals surface area contributed by atoms with Gasteiger partial charge in [-0.3, -0.25) is 0 Å². The molecule has 0 amide bonds. The van der Waals surface area contributed by atoms with Crippen LogP contribution in [0.4, 0.5) is 0 Å². The molecule has 0 fully saturated rings. The molecule has 0 atom stereocenters. The Morgan fingerprint density at radius 1 is 0.882 bits per heavy atom. The summed E-state index contributed by atoms with van der Waals surface area (Å²) in [5.41, 5.74) is 2.38. The first-order valence-corrected chi connectivity index (χ1v) is 5.46. The fraction of sp³-hybridized carbons (Fsp3) is 0.143. The van der Waals surface area contributed by atoms with E-state index in [0.29, 0.717) is 12.0 Å². The van der Waals surface area contributed by atoms with Gasteiger partial charge < -0.3 is 15.3 Å². The number of aromatic hydroxyl groups is 3. The number of phenolic OH excluding ortho intramolecular Hbond substituents is 3. The van der Waals surface area contributed by atoms with Crippen molar-refractivity contribution in [2.24, 2.45) is 0 Å². The van der Waals surface area contributed by atoms with Gasteiger partial charge in [-0.15, -0.1) is 0 Å². The second kappa shape index (κ2) is 4.37. The van der Waals surface area contributed by atoms with Crippen molar-refractivity contribution in [3.05, 3.63) is 42.0 Å². The van der Waals surface area contributed by atoms with Crippen molar-refractivity contribution in [3.63, 3.8) is 0 Å². The molecule has 0 aliphatic carbocycles. The molecule has 0 radical (unpaired) electrons. The predicted octanol–water partition coefficient (Wildman–Crippen LogP) is 3.03. The van der Waals surface area contributed by atoms with Gasteiger partial charge in [0, 0.05) is 11.6 Å². The number of aryl methyl sites for hydroxylation is 1.